The van der Waals surface area contributed by atoms with Gasteiger partial charge in [0.15, 0.2) is 5.82 Å². The third-order valence-electron chi connectivity index (χ3n) is 3.82. The predicted molar refractivity (Wildman–Crippen MR) is 91.0 cm³/mol. The monoisotopic (exact) mass is 407 g/mol. The number of aliphatic hydroxyl groups is 1. The molecule has 2 rings (SSSR count). The van der Waals surface area contributed by atoms with Gasteiger partial charge >= 0.3 is 6.18 Å². The van der Waals surface area contributed by atoms with E-state index < -0.39 is 29.9 Å². The van der Waals surface area contributed by atoms with Crippen LogP contribution in [0, 0.1) is 0 Å². The molecule has 0 fully saturated rings. The Morgan fingerprint density at radius 3 is 2.41 bits per heavy atom. The van der Waals surface area contributed by atoms with Crippen molar-refractivity contribution < 1.29 is 32.5 Å². The van der Waals surface area contributed by atoms with Crippen molar-refractivity contribution in [1.82, 2.24) is 9.55 Å². The number of methoxy groups -OCH3 is 2. The van der Waals surface area contributed by atoms with E-state index in [9.17, 15) is 23.1 Å². The Balaban J connectivity index is 2.33. The van der Waals surface area contributed by atoms with Crippen molar-refractivity contribution in [1.29, 1.82) is 0 Å². The highest BCUT2D eigenvalue weighted by atomic mass is 35.5. The molecule has 0 radical (unpaired) electrons. The zero-order valence-corrected chi connectivity index (χ0v) is 15.4. The molecule has 2 N–H and O–H groups in total. The van der Waals surface area contributed by atoms with Gasteiger partial charge in [-0.25, -0.2) is 4.98 Å². The average Bonchev–Trinajstić information content (AvgIpc) is 3.00. The molecule has 27 heavy (non-hydrogen) atoms. The summed E-state index contributed by atoms with van der Waals surface area (Å²) in [6, 6.07) is 2.64. The number of aromatic nitrogens is 2. The first-order valence-electron chi connectivity index (χ1n) is 7.51. The Kier molecular flexibility index (Phi) is 5.91. The number of hydrogen-bond acceptors (Lipinski definition) is 5. The molecular formula is C16H17ClF3N3O4. The molecule has 0 aliphatic rings. The first-order valence-corrected chi connectivity index (χ1v) is 7.89. The third kappa shape index (κ3) is 4.11. The summed E-state index contributed by atoms with van der Waals surface area (Å²) in [6.07, 6.45) is -4.12. The maximum absolute atomic E-state index is 13.5. The molecule has 0 spiro atoms. The minimum Gasteiger partial charge on any atom is -0.495 e. The number of nitrogens with zero attached hydrogens (tertiary/aromatic N) is 2. The highest BCUT2D eigenvalue weighted by Gasteiger charge is 2.58. The maximum Gasteiger partial charge on any atom is 0.425 e. The Hall–Kier alpha value is -2.46. The van der Waals surface area contributed by atoms with Gasteiger partial charge in [0.05, 0.1) is 31.4 Å². The van der Waals surface area contributed by atoms with Gasteiger partial charge in [-0.1, -0.05) is 11.6 Å². The van der Waals surface area contributed by atoms with Gasteiger partial charge in [-0.15, -0.1) is 0 Å². The zero-order valence-electron chi connectivity index (χ0n) is 14.6. The van der Waals surface area contributed by atoms with Crippen molar-refractivity contribution in [3.05, 3.63) is 35.4 Å². The van der Waals surface area contributed by atoms with Gasteiger partial charge in [-0.05, 0) is 6.07 Å². The Morgan fingerprint density at radius 2 is 1.93 bits per heavy atom. The molecule has 1 amide bonds. The van der Waals surface area contributed by atoms with Gasteiger partial charge in [0.25, 0.3) is 0 Å². The number of ether oxygens (including phenoxy) is 2. The Morgan fingerprint density at radius 1 is 1.30 bits per heavy atom. The molecule has 1 aromatic heterocycles. The van der Waals surface area contributed by atoms with Gasteiger partial charge in [-0.3, -0.25) is 4.79 Å². The number of carbonyl (C=O) groups excluding carboxylic acids is 1. The van der Waals surface area contributed by atoms with Crippen LogP contribution in [0.1, 0.15) is 12.2 Å². The number of benzene rings is 1. The second kappa shape index (κ2) is 7.65. The molecule has 7 nitrogen and oxygen atoms in total. The van der Waals surface area contributed by atoms with Crippen LogP contribution in [0.15, 0.2) is 24.5 Å². The van der Waals surface area contributed by atoms with Gasteiger partial charge in [0.2, 0.25) is 11.5 Å². The van der Waals surface area contributed by atoms with Crippen LogP contribution in [0.5, 0.6) is 11.5 Å². The van der Waals surface area contributed by atoms with E-state index in [0.29, 0.717) is 0 Å². The van der Waals surface area contributed by atoms with Crippen molar-refractivity contribution >= 4 is 23.2 Å². The molecule has 11 heteroatoms. The summed E-state index contributed by atoms with van der Waals surface area (Å²) in [5.41, 5.74) is -3.45. The number of aryl methyl sites for hydroxylation is 1. The second-order valence-electron chi connectivity index (χ2n) is 5.63. The summed E-state index contributed by atoms with van der Waals surface area (Å²) in [6.45, 7) is 0. The number of hydrogen-bond donors (Lipinski definition) is 2. The lowest BCUT2D eigenvalue weighted by Crippen LogP contribution is -2.46. The molecule has 2 aromatic rings. The fourth-order valence-electron chi connectivity index (χ4n) is 2.45. The quantitative estimate of drug-likeness (QED) is 0.769. The number of carbonyl (C=O) groups is 1. The molecule has 148 valence electrons. The van der Waals surface area contributed by atoms with Gasteiger partial charge in [0, 0.05) is 25.5 Å². The molecule has 1 heterocycles. The second-order valence-corrected chi connectivity index (χ2v) is 6.04. The van der Waals surface area contributed by atoms with Crippen LogP contribution in [0.2, 0.25) is 5.02 Å². The molecule has 0 aliphatic heterocycles. The van der Waals surface area contributed by atoms with Crippen molar-refractivity contribution in [3.8, 4) is 11.5 Å². The first kappa shape index (κ1) is 20.8. The number of nitrogens with one attached hydrogen (secondary N) is 1. The van der Waals surface area contributed by atoms with Crippen molar-refractivity contribution in [3.63, 3.8) is 0 Å². The van der Waals surface area contributed by atoms with E-state index in [4.69, 9.17) is 21.1 Å². The summed E-state index contributed by atoms with van der Waals surface area (Å²) in [5.74, 6) is -1.44. The smallest absolute Gasteiger partial charge is 0.425 e. The maximum atomic E-state index is 13.5. The highest BCUT2D eigenvalue weighted by Crippen LogP contribution is 2.41. The minimum absolute atomic E-state index is 0.0256. The van der Waals surface area contributed by atoms with E-state index >= 15 is 0 Å². The molecule has 0 saturated carbocycles. The van der Waals surface area contributed by atoms with E-state index in [0.717, 1.165) is 10.8 Å². The summed E-state index contributed by atoms with van der Waals surface area (Å²) in [7, 11) is 3.96. The lowest BCUT2D eigenvalue weighted by molar-refractivity contribution is -0.270. The number of alkyl halides is 3. The van der Waals surface area contributed by atoms with E-state index in [1.807, 2.05) is 0 Å². The highest BCUT2D eigenvalue weighted by molar-refractivity contribution is 6.32. The van der Waals surface area contributed by atoms with E-state index in [2.05, 4.69) is 10.3 Å². The fourth-order valence-corrected chi connectivity index (χ4v) is 2.70. The number of anilines is 1. The lowest BCUT2D eigenvalue weighted by Gasteiger charge is -2.29. The molecule has 1 atom stereocenters. The van der Waals surface area contributed by atoms with E-state index in [1.54, 1.807) is 0 Å². The van der Waals surface area contributed by atoms with Crippen molar-refractivity contribution in [2.45, 2.75) is 18.2 Å². The molecule has 0 aliphatic carbocycles. The summed E-state index contributed by atoms with van der Waals surface area (Å²) >= 11 is 5.98. The number of amides is 1. The van der Waals surface area contributed by atoms with Crippen LogP contribution in [0.4, 0.5) is 18.9 Å². The lowest BCUT2D eigenvalue weighted by atomic mass is 9.97. The zero-order chi connectivity index (χ0) is 20.4. The molecule has 0 saturated heterocycles. The molecular weight excluding hydrogens is 391 g/mol. The number of rotatable bonds is 6. The average molecular weight is 408 g/mol. The topological polar surface area (TPSA) is 85.6 Å². The van der Waals surface area contributed by atoms with E-state index in [-0.39, 0.29) is 22.2 Å². The van der Waals surface area contributed by atoms with Crippen LogP contribution in [-0.4, -0.2) is 41.0 Å². The summed E-state index contributed by atoms with van der Waals surface area (Å²) in [5, 5.41) is 12.6. The van der Waals surface area contributed by atoms with Crippen molar-refractivity contribution in [2.24, 2.45) is 7.05 Å². The number of imidazole rings is 1. The van der Waals surface area contributed by atoms with Gasteiger partial charge < -0.3 is 24.5 Å². The van der Waals surface area contributed by atoms with E-state index in [1.165, 1.54) is 39.6 Å². The molecule has 1 aromatic carbocycles. The Labute approximate surface area is 157 Å². The van der Waals surface area contributed by atoms with Gasteiger partial charge in [0.1, 0.15) is 11.5 Å². The largest absolute Gasteiger partial charge is 0.495 e. The SMILES string of the molecule is COc1cc(OC)c(NC(=O)CC(O)(c2nccn2C)C(F)(F)F)cc1Cl. The van der Waals surface area contributed by atoms with Crippen LogP contribution >= 0.6 is 11.6 Å². The molecule has 1 unspecified atom stereocenters. The van der Waals surface area contributed by atoms with Crippen LogP contribution in [0.25, 0.3) is 0 Å². The predicted octanol–water partition coefficient (Wildman–Crippen LogP) is 2.87. The number of halogens is 4. The summed E-state index contributed by atoms with van der Waals surface area (Å²) in [4.78, 5) is 15.8. The fraction of sp³-hybridized carbons (Fsp3) is 0.375. The van der Waals surface area contributed by atoms with Crippen molar-refractivity contribution in [2.75, 3.05) is 19.5 Å². The van der Waals surface area contributed by atoms with Crippen LogP contribution in [0.3, 0.4) is 0 Å². The Bertz CT molecular complexity index is 841. The normalized spacial score (nSPS) is 13.8. The summed E-state index contributed by atoms with van der Waals surface area (Å²) < 4.78 is 51.6. The van der Waals surface area contributed by atoms with Crippen LogP contribution in [-0.2, 0) is 17.4 Å². The first-order chi connectivity index (χ1) is 12.5. The minimum atomic E-state index is -5.13. The molecule has 0 bridgehead atoms. The van der Waals surface area contributed by atoms with Crippen LogP contribution < -0.4 is 14.8 Å². The standard InChI is InChI=1S/C16H17ClF3N3O4/c1-23-5-4-21-14(23)15(25,16(18,19)20)8-13(24)22-10-6-9(17)11(26-2)7-12(10)27-3/h4-7,25H,8H2,1-3H3,(H,22,24). The van der Waals surface area contributed by atoms with Gasteiger partial charge in [-0.2, -0.15) is 13.2 Å². The third-order valence-corrected chi connectivity index (χ3v) is 4.12.